The molecule has 1 aliphatic rings. The SMILES string of the molecule is CC1(c2cccc(-c3nnn[nH]3)c2)C(=O)Nc2nc(-c3nn(Cc4ccccc4F)c4cc(F)ccc34)nc(N)c21. The van der Waals surface area contributed by atoms with Crippen LogP contribution in [-0.4, -0.2) is 46.3 Å². The van der Waals surface area contributed by atoms with Crippen LogP contribution in [0.4, 0.5) is 20.4 Å². The molecule has 41 heavy (non-hydrogen) atoms. The molecule has 3 aromatic carbocycles. The third-order valence-electron chi connectivity index (χ3n) is 7.39. The number of hydrogen-bond donors (Lipinski definition) is 3. The van der Waals surface area contributed by atoms with Crippen LogP contribution < -0.4 is 11.1 Å². The molecule has 1 atom stereocenters. The second-order valence-corrected chi connectivity index (χ2v) is 9.82. The lowest BCUT2D eigenvalue weighted by Gasteiger charge is -2.23. The van der Waals surface area contributed by atoms with Crippen molar-refractivity contribution in [2.24, 2.45) is 0 Å². The van der Waals surface area contributed by atoms with Gasteiger partial charge in [0, 0.05) is 16.5 Å². The molecule has 0 saturated heterocycles. The predicted octanol–water partition coefficient (Wildman–Crippen LogP) is 3.84. The second-order valence-electron chi connectivity index (χ2n) is 9.82. The molecular weight excluding hydrogens is 530 g/mol. The maximum atomic E-state index is 14.4. The summed E-state index contributed by atoms with van der Waals surface area (Å²) >= 11 is 0. The molecule has 13 heteroatoms. The lowest BCUT2D eigenvalue weighted by Crippen LogP contribution is -2.33. The minimum absolute atomic E-state index is 0.0545. The van der Waals surface area contributed by atoms with E-state index in [9.17, 15) is 13.6 Å². The number of aromatic nitrogens is 8. The Hall–Kier alpha value is -5.59. The standard InChI is InChI=1S/C28H20F2N10O/c1-28(16-7-4-6-14(11-16)24-35-38-39-36-24)21-23(31)32-26(33-25(21)34-27(28)41)22-18-10-9-17(29)12-20(18)40(37-22)13-15-5-2-3-8-19(15)30/h2-12H,13H2,1H3,(H,35,36,38,39)(H3,31,32,33,34,41). The van der Waals surface area contributed by atoms with Crippen molar-refractivity contribution >= 4 is 28.4 Å². The number of carbonyl (C=O) groups is 1. The van der Waals surface area contributed by atoms with Crippen LogP contribution in [0, 0.1) is 11.6 Å². The van der Waals surface area contributed by atoms with Crippen LogP contribution in [0.5, 0.6) is 0 Å². The lowest BCUT2D eigenvalue weighted by atomic mass is 9.77. The van der Waals surface area contributed by atoms with Crippen molar-refractivity contribution in [2.45, 2.75) is 18.9 Å². The van der Waals surface area contributed by atoms with Crippen molar-refractivity contribution in [3.63, 3.8) is 0 Å². The van der Waals surface area contributed by atoms with Crippen LogP contribution in [0.25, 0.3) is 33.8 Å². The maximum Gasteiger partial charge on any atom is 0.240 e. The predicted molar refractivity (Wildman–Crippen MR) is 145 cm³/mol. The highest BCUT2D eigenvalue weighted by Crippen LogP contribution is 2.45. The number of carbonyl (C=O) groups excluding carboxylic acids is 1. The van der Waals surface area contributed by atoms with Gasteiger partial charge in [-0.15, -0.1) is 5.10 Å². The zero-order valence-corrected chi connectivity index (χ0v) is 21.4. The van der Waals surface area contributed by atoms with E-state index < -0.39 is 17.0 Å². The van der Waals surface area contributed by atoms with E-state index in [1.807, 2.05) is 12.1 Å². The molecule has 1 unspecified atom stereocenters. The Morgan fingerprint density at radius 3 is 2.68 bits per heavy atom. The number of nitrogens with zero attached hydrogens (tertiary/aromatic N) is 7. The van der Waals surface area contributed by atoms with Crippen molar-refractivity contribution in [1.29, 1.82) is 0 Å². The summed E-state index contributed by atoms with van der Waals surface area (Å²) < 4.78 is 30.2. The summed E-state index contributed by atoms with van der Waals surface area (Å²) in [5, 5.41) is 21.9. The quantitative estimate of drug-likeness (QED) is 0.293. The van der Waals surface area contributed by atoms with Gasteiger partial charge in [0.25, 0.3) is 0 Å². The van der Waals surface area contributed by atoms with Gasteiger partial charge in [-0.1, -0.05) is 36.4 Å². The Morgan fingerprint density at radius 1 is 1.02 bits per heavy atom. The molecule has 4 N–H and O–H groups in total. The first-order chi connectivity index (χ1) is 19.8. The summed E-state index contributed by atoms with van der Waals surface area (Å²) in [6.45, 7) is 1.80. The van der Waals surface area contributed by atoms with Gasteiger partial charge in [-0.3, -0.25) is 9.48 Å². The molecule has 0 radical (unpaired) electrons. The Labute approximate surface area is 230 Å². The molecule has 1 aliphatic heterocycles. The first-order valence-electron chi connectivity index (χ1n) is 12.6. The van der Waals surface area contributed by atoms with Gasteiger partial charge in [0.2, 0.25) is 5.91 Å². The summed E-state index contributed by atoms with van der Waals surface area (Å²) in [5.41, 5.74) is 8.17. The van der Waals surface area contributed by atoms with Crippen LogP contribution in [0.15, 0.2) is 66.7 Å². The van der Waals surface area contributed by atoms with Gasteiger partial charge in [-0.05, 0) is 53.2 Å². The fraction of sp³-hybridized carbons (Fsp3) is 0.107. The number of nitrogen functional groups attached to an aromatic ring is 1. The summed E-state index contributed by atoms with van der Waals surface area (Å²) in [6, 6.07) is 17.7. The van der Waals surface area contributed by atoms with Gasteiger partial charge in [-0.2, -0.15) is 5.10 Å². The van der Waals surface area contributed by atoms with E-state index in [0.717, 1.165) is 0 Å². The summed E-state index contributed by atoms with van der Waals surface area (Å²) in [4.78, 5) is 22.6. The molecule has 6 aromatic rings. The van der Waals surface area contributed by atoms with E-state index in [4.69, 9.17) is 5.73 Å². The molecule has 7 rings (SSSR count). The van der Waals surface area contributed by atoms with Crippen molar-refractivity contribution in [2.75, 3.05) is 11.1 Å². The molecule has 0 bridgehead atoms. The van der Waals surface area contributed by atoms with Crippen LogP contribution in [0.1, 0.15) is 23.6 Å². The Balaban J connectivity index is 1.35. The van der Waals surface area contributed by atoms with Gasteiger partial charge >= 0.3 is 0 Å². The average molecular weight is 551 g/mol. The number of anilines is 2. The number of rotatable bonds is 5. The van der Waals surface area contributed by atoms with Gasteiger partial charge < -0.3 is 11.1 Å². The largest absolute Gasteiger partial charge is 0.383 e. The number of amides is 1. The maximum absolute atomic E-state index is 14.4. The minimum Gasteiger partial charge on any atom is -0.383 e. The Bertz CT molecular complexity index is 1990. The highest BCUT2D eigenvalue weighted by atomic mass is 19.1. The number of benzene rings is 3. The smallest absolute Gasteiger partial charge is 0.240 e. The summed E-state index contributed by atoms with van der Waals surface area (Å²) in [6.07, 6.45) is 0. The van der Waals surface area contributed by atoms with Crippen LogP contribution in [0.3, 0.4) is 0 Å². The van der Waals surface area contributed by atoms with Crippen LogP contribution in [0.2, 0.25) is 0 Å². The van der Waals surface area contributed by atoms with Crippen molar-refractivity contribution < 1.29 is 13.6 Å². The number of nitrogens with one attached hydrogen (secondary N) is 2. The Morgan fingerprint density at radius 2 is 1.88 bits per heavy atom. The molecule has 4 heterocycles. The average Bonchev–Trinajstić information content (AvgIpc) is 3.68. The highest BCUT2D eigenvalue weighted by molar-refractivity contribution is 6.09. The number of aromatic amines is 1. The summed E-state index contributed by atoms with van der Waals surface area (Å²) in [7, 11) is 0. The number of tetrazole rings is 1. The molecule has 0 fully saturated rings. The topological polar surface area (TPSA) is 153 Å². The molecule has 202 valence electrons. The number of nitrogens with two attached hydrogens (primary N) is 1. The van der Waals surface area contributed by atoms with Crippen molar-refractivity contribution in [3.8, 4) is 22.9 Å². The lowest BCUT2D eigenvalue weighted by molar-refractivity contribution is -0.119. The first kappa shape index (κ1) is 24.5. The van der Waals surface area contributed by atoms with E-state index in [1.54, 1.807) is 43.3 Å². The van der Waals surface area contributed by atoms with Gasteiger partial charge in [-0.25, -0.2) is 23.8 Å². The monoisotopic (exact) mass is 550 g/mol. The van der Waals surface area contributed by atoms with Crippen LogP contribution in [-0.2, 0) is 16.8 Å². The zero-order valence-electron chi connectivity index (χ0n) is 21.4. The number of halogens is 2. The second kappa shape index (κ2) is 8.98. The molecule has 0 aliphatic carbocycles. The molecule has 1 amide bonds. The minimum atomic E-state index is -1.21. The van der Waals surface area contributed by atoms with Gasteiger partial charge in [0.15, 0.2) is 11.6 Å². The molecule has 3 aromatic heterocycles. The van der Waals surface area contributed by atoms with Crippen molar-refractivity contribution in [3.05, 3.63) is 95.1 Å². The van der Waals surface area contributed by atoms with E-state index in [0.29, 0.717) is 44.7 Å². The molecule has 11 nitrogen and oxygen atoms in total. The van der Waals surface area contributed by atoms with Gasteiger partial charge in [0.05, 0.1) is 17.6 Å². The molecule has 0 spiro atoms. The molecular formula is C28H20F2N10O. The van der Waals surface area contributed by atoms with E-state index in [1.165, 1.54) is 22.9 Å². The fourth-order valence-corrected chi connectivity index (χ4v) is 5.27. The van der Waals surface area contributed by atoms with Gasteiger partial charge in [0.1, 0.15) is 34.4 Å². The normalized spacial score (nSPS) is 16.2. The highest BCUT2D eigenvalue weighted by Gasteiger charge is 2.47. The number of hydrogen-bond acceptors (Lipinski definition) is 8. The molecule has 0 saturated carbocycles. The van der Waals surface area contributed by atoms with Crippen LogP contribution >= 0.6 is 0 Å². The zero-order chi connectivity index (χ0) is 28.3. The third kappa shape index (κ3) is 3.81. The fourth-order valence-electron chi connectivity index (χ4n) is 5.27. The Kier molecular flexibility index (Phi) is 5.35. The third-order valence-corrected chi connectivity index (χ3v) is 7.39. The number of fused-ring (bicyclic) bond motifs is 2. The van der Waals surface area contributed by atoms with E-state index in [2.05, 4.69) is 41.0 Å². The first-order valence-corrected chi connectivity index (χ1v) is 12.6. The van der Waals surface area contributed by atoms with E-state index in [-0.39, 0.29) is 29.9 Å². The summed E-state index contributed by atoms with van der Waals surface area (Å²) in [5.74, 6) is -0.311. The van der Waals surface area contributed by atoms with E-state index >= 15 is 0 Å². The number of H-pyrrole nitrogens is 1. The van der Waals surface area contributed by atoms with Crippen molar-refractivity contribution in [1.82, 2.24) is 40.4 Å².